The first-order valence-corrected chi connectivity index (χ1v) is 8.43. The summed E-state index contributed by atoms with van der Waals surface area (Å²) < 4.78 is 5.66. The Balaban J connectivity index is 1.47. The molecule has 1 amide bonds. The number of imidazole rings is 1. The molecule has 2 heterocycles. The molecule has 0 saturated carbocycles. The van der Waals surface area contributed by atoms with Crippen LogP contribution in [0.3, 0.4) is 0 Å². The van der Waals surface area contributed by atoms with Gasteiger partial charge in [-0.2, -0.15) is 0 Å². The molecule has 0 aliphatic carbocycles. The highest BCUT2D eigenvalue weighted by Gasteiger charge is 2.21. The number of fused-ring (bicyclic) bond motifs is 1. The Morgan fingerprint density at radius 1 is 1.24 bits per heavy atom. The van der Waals surface area contributed by atoms with Crippen LogP contribution in [0.2, 0.25) is 0 Å². The highest BCUT2D eigenvalue weighted by atomic mass is 16.5. The van der Waals surface area contributed by atoms with E-state index < -0.39 is 0 Å². The number of anilines is 1. The van der Waals surface area contributed by atoms with E-state index in [4.69, 9.17) is 4.74 Å². The zero-order valence-electron chi connectivity index (χ0n) is 13.7. The minimum Gasteiger partial charge on any atom is -0.370 e. The molecule has 126 valence electrons. The first kappa shape index (κ1) is 15.6. The summed E-state index contributed by atoms with van der Waals surface area (Å²) >= 11 is 0. The molecule has 5 heteroatoms. The number of benzene rings is 2. The molecule has 0 bridgehead atoms. The van der Waals surface area contributed by atoms with Gasteiger partial charge in [-0.1, -0.05) is 30.3 Å². The fourth-order valence-electron chi connectivity index (χ4n) is 2.97. The smallest absolute Gasteiger partial charge is 0.248 e. The summed E-state index contributed by atoms with van der Waals surface area (Å²) in [7, 11) is 0. The number of ether oxygens (including phenoxy) is 1. The Morgan fingerprint density at radius 3 is 2.92 bits per heavy atom. The maximum Gasteiger partial charge on any atom is 0.248 e. The van der Waals surface area contributed by atoms with Gasteiger partial charge in [0.2, 0.25) is 5.91 Å². The first-order chi connectivity index (χ1) is 12.3. The second-order valence-corrected chi connectivity index (χ2v) is 6.09. The molecule has 1 atom stereocenters. The number of H-pyrrole nitrogens is 1. The lowest BCUT2D eigenvalue weighted by molar-refractivity contribution is -0.111. The minimum atomic E-state index is -0.165. The van der Waals surface area contributed by atoms with Gasteiger partial charge in [0, 0.05) is 18.4 Å². The van der Waals surface area contributed by atoms with Crippen LogP contribution in [-0.2, 0) is 9.53 Å². The zero-order chi connectivity index (χ0) is 17.1. The van der Waals surface area contributed by atoms with E-state index in [1.807, 2.05) is 48.5 Å². The van der Waals surface area contributed by atoms with Crippen LogP contribution in [0.1, 0.15) is 30.3 Å². The molecular weight excluding hydrogens is 314 g/mol. The standard InChI is InChI=1S/C20H19N3O2/c24-19(11-8-14-5-2-1-3-6-14)21-15-9-10-16-17(13-15)23-20(22-16)18-7-4-12-25-18/h1-3,5-6,8-11,13,18H,4,7,12H2,(H,21,24)(H,22,23). The fraction of sp³-hybridized carbons (Fsp3) is 0.200. The maximum atomic E-state index is 12.1. The van der Waals surface area contributed by atoms with E-state index >= 15 is 0 Å². The van der Waals surface area contributed by atoms with Gasteiger partial charge in [-0.3, -0.25) is 4.79 Å². The van der Waals surface area contributed by atoms with E-state index in [1.54, 1.807) is 6.08 Å². The molecule has 1 fully saturated rings. The van der Waals surface area contributed by atoms with E-state index in [1.165, 1.54) is 6.08 Å². The average molecular weight is 333 g/mol. The topological polar surface area (TPSA) is 67.0 Å². The van der Waals surface area contributed by atoms with Crippen LogP contribution >= 0.6 is 0 Å². The Hall–Kier alpha value is -2.92. The van der Waals surface area contributed by atoms with Crippen molar-refractivity contribution in [3.8, 4) is 0 Å². The number of rotatable bonds is 4. The summed E-state index contributed by atoms with van der Waals surface area (Å²) in [6.07, 6.45) is 5.44. The number of hydrogen-bond acceptors (Lipinski definition) is 3. The number of nitrogens with one attached hydrogen (secondary N) is 2. The highest BCUT2D eigenvalue weighted by Crippen LogP contribution is 2.28. The average Bonchev–Trinajstić information content (AvgIpc) is 3.30. The summed E-state index contributed by atoms with van der Waals surface area (Å²) in [5, 5.41) is 2.88. The molecule has 1 aliphatic heterocycles. The van der Waals surface area contributed by atoms with Crippen LogP contribution in [0, 0.1) is 0 Å². The number of carbonyl (C=O) groups is 1. The quantitative estimate of drug-likeness (QED) is 0.707. The maximum absolute atomic E-state index is 12.1. The van der Waals surface area contributed by atoms with E-state index in [0.717, 1.165) is 47.6 Å². The second kappa shape index (κ2) is 6.91. The molecule has 4 rings (SSSR count). The Bertz CT molecular complexity index is 909. The zero-order valence-corrected chi connectivity index (χ0v) is 13.7. The summed E-state index contributed by atoms with van der Waals surface area (Å²) in [5.41, 5.74) is 3.50. The first-order valence-electron chi connectivity index (χ1n) is 8.43. The van der Waals surface area contributed by atoms with Crippen LogP contribution < -0.4 is 5.32 Å². The molecule has 1 unspecified atom stereocenters. The number of aromatic amines is 1. The van der Waals surface area contributed by atoms with Gasteiger partial charge in [-0.15, -0.1) is 0 Å². The molecule has 1 aliphatic rings. The molecular formula is C20H19N3O2. The van der Waals surface area contributed by atoms with Gasteiger partial charge < -0.3 is 15.0 Å². The molecule has 0 radical (unpaired) electrons. The molecule has 5 nitrogen and oxygen atoms in total. The molecule has 2 aromatic carbocycles. The minimum absolute atomic E-state index is 0.0549. The van der Waals surface area contributed by atoms with Crippen molar-refractivity contribution in [1.82, 2.24) is 9.97 Å². The molecule has 2 N–H and O–H groups in total. The van der Waals surface area contributed by atoms with Crippen molar-refractivity contribution in [1.29, 1.82) is 0 Å². The lowest BCUT2D eigenvalue weighted by Crippen LogP contribution is -2.07. The normalized spacial score (nSPS) is 17.4. The van der Waals surface area contributed by atoms with Gasteiger partial charge in [0.15, 0.2) is 0 Å². The van der Waals surface area contributed by atoms with E-state index in [2.05, 4.69) is 15.3 Å². The van der Waals surface area contributed by atoms with Gasteiger partial charge in [-0.05, 0) is 42.7 Å². The van der Waals surface area contributed by atoms with Crippen molar-refractivity contribution in [2.75, 3.05) is 11.9 Å². The molecule has 3 aromatic rings. The van der Waals surface area contributed by atoms with Gasteiger partial charge in [-0.25, -0.2) is 4.98 Å². The van der Waals surface area contributed by atoms with Crippen LogP contribution in [0.25, 0.3) is 17.1 Å². The predicted octanol–water partition coefficient (Wildman–Crippen LogP) is 4.07. The molecule has 25 heavy (non-hydrogen) atoms. The third-order valence-corrected chi connectivity index (χ3v) is 4.23. The van der Waals surface area contributed by atoms with Gasteiger partial charge >= 0.3 is 0 Å². The largest absolute Gasteiger partial charge is 0.370 e. The van der Waals surface area contributed by atoms with Crippen LogP contribution in [0.15, 0.2) is 54.6 Å². The van der Waals surface area contributed by atoms with Crippen LogP contribution in [-0.4, -0.2) is 22.5 Å². The van der Waals surface area contributed by atoms with E-state index in [-0.39, 0.29) is 12.0 Å². The number of amides is 1. The number of nitrogens with zero attached hydrogens (tertiary/aromatic N) is 1. The lowest BCUT2D eigenvalue weighted by atomic mass is 10.2. The number of hydrogen-bond donors (Lipinski definition) is 2. The Labute approximate surface area is 145 Å². The Morgan fingerprint density at radius 2 is 2.12 bits per heavy atom. The molecule has 0 spiro atoms. The summed E-state index contributed by atoms with van der Waals surface area (Å²) in [6, 6.07) is 15.4. The predicted molar refractivity (Wildman–Crippen MR) is 98.1 cm³/mol. The van der Waals surface area contributed by atoms with Crippen molar-refractivity contribution in [2.45, 2.75) is 18.9 Å². The molecule has 1 aromatic heterocycles. The van der Waals surface area contributed by atoms with Crippen molar-refractivity contribution in [3.63, 3.8) is 0 Å². The summed E-state index contributed by atoms with van der Waals surface area (Å²) in [6.45, 7) is 0.788. The van der Waals surface area contributed by atoms with Gasteiger partial charge in [0.05, 0.1) is 11.0 Å². The third kappa shape index (κ3) is 3.61. The van der Waals surface area contributed by atoms with Crippen molar-refractivity contribution >= 4 is 28.7 Å². The van der Waals surface area contributed by atoms with E-state index in [0.29, 0.717) is 0 Å². The van der Waals surface area contributed by atoms with E-state index in [9.17, 15) is 4.79 Å². The van der Waals surface area contributed by atoms with Gasteiger partial charge in [0.25, 0.3) is 0 Å². The monoisotopic (exact) mass is 333 g/mol. The van der Waals surface area contributed by atoms with Crippen LogP contribution in [0.5, 0.6) is 0 Å². The Kier molecular flexibility index (Phi) is 4.31. The fourth-order valence-corrected chi connectivity index (χ4v) is 2.97. The highest BCUT2D eigenvalue weighted by molar-refractivity contribution is 6.02. The SMILES string of the molecule is O=C(C=Cc1ccccc1)Nc1ccc2nc(C3CCCO3)[nH]c2c1. The molecule has 1 saturated heterocycles. The van der Waals surface area contributed by atoms with Gasteiger partial charge in [0.1, 0.15) is 11.9 Å². The number of aromatic nitrogens is 2. The second-order valence-electron chi connectivity index (χ2n) is 6.09. The van der Waals surface area contributed by atoms with Crippen LogP contribution in [0.4, 0.5) is 5.69 Å². The van der Waals surface area contributed by atoms with Crippen molar-refractivity contribution < 1.29 is 9.53 Å². The summed E-state index contributed by atoms with van der Waals surface area (Å²) in [4.78, 5) is 20.0. The van der Waals surface area contributed by atoms with Crippen molar-refractivity contribution in [3.05, 3.63) is 66.0 Å². The summed E-state index contributed by atoms with van der Waals surface area (Å²) in [5.74, 6) is 0.696. The lowest BCUT2D eigenvalue weighted by Gasteiger charge is -2.03. The third-order valence-electron chi connectivity index (χ3n) is 4.23. The number of carbonyl (C=O) groups excluding carboxylic acids is 1. The van der Waals surface area contributed by atoms with Crippen molar-refractivity contribution in [2.24, 2.45) is 0 Å².